The quantitative estimate of drug-likeness (QED) is 0.738. The number of thioether (sulfide) groups is 1. The summed E-state index contributed by atoms with van der Waals surface area (Å²) in [6, 6.07) is 11.2. The van der Waals surface area contributed by atoms with E-state index < -0.39 is 0 Å². The summed E-state index contributed by atoms with van der Waals surface area (Å²) >= 11 is 1.29. The summed E-state index contributed by atoms with van der Waals surface area (Å²) in [7, 11) is 0. The molecule has 0 aliphatic heterocycles. The van der Waals surface area contributed by atoms with E-state index in [0.717, 1.165) is 5.69 Å². The molecule has 2 N–H and O–H groups in total. The van der Waals surface area contributed by atoms with Crippen molar-refractivity contribution in [2.45, 2.75) is 38.1 Å². The van der Waals surface area contributed by atoms with Crippen LogP contribution in [0.15, 0.2) is 41.4 Å². The van der Waals surface area contributed by atoms with Crippen LogP contribution in [0.25, 0.3) is 0 Å². The maximum absolute atomic E-state index is 12.0. The minimum absolute atomic E-state index is 0.104. The van der Waals surface area contributed by atoms with Crippen LogP contribution in [-0.4, -0.2) is 27.8 Å². The lowest BCUT2D eigenvalue weighted by Gasteiger charge is -2.08. The highest BCUT2D eigenvalue weighted by Crippen LogP contribution is 2.19. The molecule has 2 rings (SSSR count). The number of carbonyl (C=O) groups excluding carboxylic acids is 2. The lowest BCUT2D eigenvalue weighted by Crippen LogP contribution is -2.14. The lowest BCUT2D eigenvalue weighted by molar-refractivity contribution is -0.116. The van der Waals surface area contributed by atoms with Crippen LogP contribution in [0, 0.1) is 0 Å². The van der Waals surface area contributed by atoms with E-state index in [1.54, 1.807) is 19.1 Å². The van der Waals surface area contributed by atoms with Gasteiger partial charge in [0.05, 0.1) is 5.75 Å². The Bertz CT molecular complexity index is 715. The van der Waals surface area contributed by atoms with Gasteiger partial charge in [-0.15, -0.1) is 10.2 Å². The maximum atomic E-state index is 12.0. The summed E-state index contributed by atoms with van der Waals surface area (Å²) in [6.45, 7) is 6.02. The number of hydrogen-bond donors (Lipinski definition) is 2. The fourth-order valence-electron chi connectivity index (χ4n) is 1.98. The first kappa shape index (κ1) is 18.9. The van der Waals surface area contributed by atoms with Crippen molar-refractivity contribution in [2.75, 3.05) is 16.4 Å². The Hall–Kier alpha value is -2.41. The third-order valence-electron chi connectivity index (χ3n) is 3.44. The van der Waals surface area contributed by atoms with Crippen molar-refractivity contribution in [2.24, 2.45) is 0 Å². The van der Waals surface area contributed by atoms with Gasteiger partial charge in [0.1, 0.15) is 5.03 Å². The molecule has 1 heterocycles. The molecule has 0 unspecified atom stereocenters. The highest BCUT2D eigenvalue weighted by Gasteiger charge is 2.07. The van der Waals surface area contributed by atoms with Crippen LogP contribution in [0.5, 0.6) is 0 Å². The Morgan fingerprint density at radius 3 is 2.28 bits per heavy atom. The molecule has 132 valence electrons. The third-order valence-corrected chi connectivity index (χ3v) is 4.36. The first-order valence-electron chi connectivity index (χ1n) is 8.14. The van der Waals surface area contributed by atoms with Crippen LogP contribution in [0.1, 0.15) is 38.7 Å². The molecule has 2 amide bonds. The van der Waals surface area contributed by atoms with E-state index in [4.69, 9.17) is 0 Å². The van der Waals surface area contributed by atoms with Crippen molar-refractivity contribution in [3.8, 4) is 0 Å². The van der Waals surface area contributed by atoms with Crippen LogP contribution >= 0.6 is 11.8 Å². The lowest BCUT2D eigenvalue weighted by atomic mass is 10.0. The topological polar surface area (TPSA) is 84.0 Å². The Morgan fingerprint density at radius 2 is 1.72 bits per heavy atom. The maximum Gasteiger partial charge on any atom is 0.234 e. The highest BCUT2D eigenvalue weighted by atomic mass is 32.2. The molecule has 0 fully saturated rings. The standard InChI is InChI=1S/C18H22N4O2S/c1-4-16(23)20-15-9-10-18(22-21-15)25-11-17(24)19-14-7-5-13(6-8-14)12(2)3/h5-10,12H,4,11H2,1-3H3,(H,19,24)(H,20,21,23). The van der Waals surface area contributed by atoms with Crippen molar-refractivity contribution < 1.29 is 9.59 Å². The van der Waals surface area contributed by atoms with Gasteiger partial charge in [0, 0.05) is 12.1 Å². The number of aromatic nitrogens is 2. The molecular formula is C18H22N4O2S. The first-order chi connectivity index (χ1) is 12.0. The summed E-state index contributed by atoms with van der Waals surface area (Å²) < 4.78 is 0. The number of nitrogens with one attached hydrogen (secondary N) is 2. The molecule has 0 aliphatic rings. The number of anilines is 2. The molecule has 0 bridgehead atoms. The van der Waals surface area contributed by atoms with Gasteiger partial charge in [-0.2, -0.15) is 0 Å². The Balaban J connectivity index is 1.82. The Morgan fingerprint density at radius 1 is 1.00 bits per heavy atom. The van der Waals surface area contributed by atoms with Crippen molar-refractivity contribution in [1.82, 2.24) is 10.2 Å². The summed E-state index contributed by atoms with van der Waals surface area (Å²) in [4.78, 5) is 23.3. The van der Waals surface area contributed by atoms with Gasteiger partial charge >= 0.3 is 0 Å². The number of rotatable bonds is 7. The molecule has 7 heteroatoms. The fraction of sp³-hybridized carbons (Fsp3) is 0.333. The predicted octanol–water partition coefficient (Wildman–Crippen LogP) is 3.68. The Labute approximate surface area is 151 Å². The molecule has 2 aromatic rings. The molecule has 0 atom stereocenters. The number of carbonyl (C=O) groups is 2. The molecule has 6 nitrogen and oxygen atoms in total. The minimum Gasteiger partial charge on any atom is -0.325 e. The summed E-state index contributed by atoms with van der Waals surface area (Å²) in [5, 5.41) is 14.0. The molecule has 0 spiro atoms. The van der Waals surface area contributed by atoms with Crippen molar-refractivity contribution in [3.05, 3.63) is 42.0 Å². The minimum atomic E-state index is -0.113. The van der Waals surface area contributed by atoms with Gasteiger partial charge in [0.2, 0.25) is 11.8 Å². The number of benzene rings is 1. The van der Waals surface area contributed by atoms with Crippen LogP contribution in [-0.2, 0) is 9.59 Å². The van der Waals surface area contributed by atoms with Gasteiger partial charge in [-0.3, -0.25) is 9.59 Å². The van der Waals surface area contributed by atoms with Gasteiger partial charge in [-0.05, 0) is 35.7 Å². The van der Waals surface area contributed by atoms with E-state index in [9.17, 15) is 9.59 Å². The third kappa shape index (κ3) is 6.19. The average Bonchev–Trinajstić information content (AvgIpc) is 2.61. The molecule has 0 radical (unpaired) electrons. The SMILES string of the molecule is CCC(=O)Nc1ccc(SCC(=O)Nc2ccc(C(C)C)cc2)nn1. The normalized spacial score (nSPS) is 10.6. The summed E-state index contributed by atoms with van der Waals surface area (Å²) in [6.07, 6.45) is 0.385. The van der Waals surface area contributed by atoms with Crippen LogP contribution in [0.4, 0.5) is 11.5 Å². The molecular weight excluding hydrogens is 336 g/mol. The van der Waals surface area contributed by atoms with E-state index in [-0.39, 0.29) is 17.6 Å². The van der Waals surface area contributed by atoms with Crippen LogP contribution in [0.2, 0.25) is 0 Å². The summed E-state index contributed by atoms with van der Waals surface area (Å²) in [5.74, 6) is 0.890. The van der Waals surface area contributed by atoms with E-state index in [1.807, 2.05) is 24.3 Å². The van der Waals surface area contributed by atoms with Crippen LogP contribution < -0.4 is 10.6 Å². The molecule has 0 saturated carbocycles. The zero-order valence-electron chi connectivity index (χ0n) is 14.6. The van der Waals surface area contributed by atoms with E-state index in [2.05, 4.69) is 34.7 Å². The zero-order chi connectivity index (χ0) is 18.2. The van der Waals surface area contributed by atoms with Gasteiger partial charge in [-0.25, -0.2) is 0 Å². The number of amides is 2. The van der Waals surface area contributed by atoms with Gasteiger partial charge < -0.3 is 10.6 Å². The van der Waals surface area contributed by atoms with Crippen molar-refractivity contribution >= 4 is 35.1 Å². The number of nitrogens with zero attached hydrogens (tertiary/aromatic N) is 2. The molecule has 25 heavy (non-hydrogen) atoms. The van der Waals surface area contributed by atoms with E-state index >= 15 is 0 Å². The predicted molar refractivity (Wildman–Crippen MR) is 101 cm³/mol. The second kappa shape index (κ2) is 9.17. The fourth-order valence-corrected chi connectivity index (χ4v) is 2.60. The highest BCUT2D eigenvalue weighted by molar-refractivity contribution is 7.99. The van der Waals surface area contributed by atoms with Gasteiger partial charge in [0.25, 0.3) is 0 Å². The average molecular weight is 358 g/mol. The molecule has 1 aromatic heterocycles. The van der Waals surface area contributed by atoms with Gasteiger partial charge in [-0.1, -0.05) is 44.7 Å². The Kier molecular flexibility index (Phi) is 6.94. The first-order valence-corrected chi connectivity index (χ1v) is 9.12. The molecule has 1 aromatic carbocycles. The van der Waals surface area contributed by atoms with Crippen LogP contribution in [0.3, 0.4) is 0 Å². The molecule has 0 saturated heterocycles. The summed E-state index contributed by atoms with van der Waals surface area (Å²) in [5.41, 5.74) is 2.01. The molecule has 0 aliphatic carbocycles. The number of hydrogen-bond acceptors (Lipinski definition) is 5. The monoisotopic (exact) mass is 358 g/mol. The van der Waals surface area contributed by atoms with Crippen molar-refractivity contribution in [3.63, 3.8) is 0 Å². The van der Waals surface area contributed by atoms with Gasteiger partial charge in [0.15, 0.2) is 5.82 Å². The second-order valence-electron chi connectivity index (χ2n) is 5.77. The van der Waals surface area contributed by atoms with E-state index in [0.29, 0.717) is 23.2 Å². The largest absolute Gasteiger partial charge is 0.325 e. The zero-order valence-corrected chi connectivity index (χ0v) is 15.4. The second-order valence-corrected chi connectivity index (χ2v) is 6.77. The van der Waals surface area contributed by atoms with E-state index in [1.165, 1.54) is 17.3 Å². The van der Waals surface area contributed by atoms with Crippen molar-refractivity contribution in [1.29, 1.82) is 0 Å². The smallest absolute Gasteiger partial charge is 0.234 e.